The van der Waals surface area contributed by atoms with Crippen molar-refractivity contribution in [1.82, 2.24) is 4.57 Å². The molecule has 0 aliphatic rings. The van der Waals surface area contributed by atoms with Crippen molar-refractivity contribution in [3.63, 3.8) is 0 Å². The number of carboxylic acids is 1. The van der Waals surface area contributed by atoms with Gasteiger partial charge in [-0.1, -0.05) is 39.0 Å². The van der Waals surface area contributed by atoms with Crippen LogP contribution in [0, 0.1) is 10.1 Å². The maximum absolute atomic E-state index is 11.0. The minimum atomic E-state index is -1.13. The van der Waals surface area contributed by atoms with Crippen LogP contribution in [0.5, 0.6) is 0 Å². The Morgan fingerprint density at radius 3 is 2.53 bits per heavy atom. The second-order valence-corrected chi connectivity index (χ2v) is 4.61. The number of hydrogen-bond donors (Lipinski definition) is 1. The summed E-state index contributed by atoms with van der Waals surface area (Å²) in [4.78, 5) is 21.1. The van der Waals surface area contributed by atoms with E-state index in [1.807, 2.05) is 0 Å². The number of nitrogens with zero attached hydrogens (tertiary/aromatic N) is 2. The summed E-state index contributed by atoms with van der Waals surface area (Å²) in [6.45, 7) is 2.67. The molecule has 6 heteroatoms. The molecule has 0 aromatic carbocycles. The SMILES string of the molecule is CCCCCCCCn1cc([N+](=O)[O-])cc1C(=O)O. The number of aromatic nitrogens is 1. The molecule has 0 fully saturated rings. The van der Waals surface area contributed by atoms with Crippen LogP contribution in [-0.2, 0) is 6.54 Å². The third-order valence-corrected chi connectivity index (χ3v) is 3.06. The molecule has 1 aromatic heterocycles. The fourth-order valence-corrected chi connectivity index (χ4v) is 2.02. The molecule has 1 N–H and O–H groups in total. The zero-order valence-electron chi connectivity index (χ0n) is 11.2. The van der Waals surface area contributed by atoms with E-state index in [1.165, 1.54) is 30.0 Å². The number of carbonyl (C=O) groups is 1. The van der Waals surface area contributed by atoms with E-state index in [-0.39, 0.29) is 11.4 Å². The van der Waals surface area contributed by atoms with Gasteiger partial charge in [-0.2, -0.15) is 0 Å². The van der Waals surface area contributed by atoms with E-state index in [0.29, 0.717) is 6.54 Å². The summed E-state index contributed by atoms with van der Waals surface area (Å²) in [5, 5.41) is 19.6. The molecule has 0 aliphatic heterocycles. The first kappa shape index (κ1) is 15.2. The molecule has 0 aliphatic carbocycles. The van der Waals surface area contributed by atoms with E-state index in [2.05, 4.69) is 6.92 Å². The van der Waals surface area contributed by atoms with Gasteiger partial charge in [0.2, 0.25) is 0 Å². The molecule has 0 saturated heterocycles. The minimum absolute atomic E-state index is 0.0136. The predicted molar refractivity (Wildman–Crippen MR) is 71.4 cm³/mol. The van der Waals surface area contributed by atoms with Crippen LogP contribution in [0.25, 0.3) is 0 Å². The maximum atomic E-state index is 11.0. The first-order valence-corrected chi connectivity index (χ1v) is 6.64. The average Bonchev–Trinajstić information content (AvgIpc) is 2.78. The second-order valence-electron chi connectivity index (χ2n) is 4.61. The Kier molecular flexibility index (Phi) is 6.05. The summed E-state index contributed by atoms with van der Waals surface area (Å²) in [6.07, 6.45) is 7.88. The van der Waals surface area contributed by atoms with Gasteiger partial charge < -0.3 is 9.67 Å². The van der Waals surface area contributed by atoms with Crippen molar-refractivity contribution in [1.29, 1.82) is 0 Å². The highest BCUT2D eigenvalue weighted by molar-refractivity contribution is 5.86. The number of nitro groups is 1. The maximum Gasteiger partial charge on any atom is 0.352 e. The van der Waals surface area contributed by atoms with Gasteiger partial charge in [-0.3, -0.25) is 10.1 Å². The fraction of sp³-hybridized carbons (Fsp3) is 0.615. The summed E-state index contributed by atoms with van der Waals surface area (Å²) in [6, 6.07) is 1.11. The molecule has 0 spiro atoms. The van der Waals surface area contributed by atoms with Crippen molar-refractivity contribution >= 4 is 11.7 Å². The summed E-state index contributed by atoms with van der Waals surface area (Å²) >= 11 is 0. The van der Waals surface area contributed by atoms with Crippen LogP contribution >= 0.6 is 0 Å². The Morgan fingerprint density at radius 2 is 1.95 bits per heavy atom. The lowest BCUT2D eigenvalue weighted by Gasteiger charge is -2.05. The lowest BCUT2D eigenvalue weighted by Crippen LogP contribution is -2.07. The fourth-order valence-electron chi connectivity index (χ4n) is 2.02. The molecule has 1 rings (SSSR count). The van der Waals surface area contributed by atoms with Gasteiger partial charge in [-0.05, 0) is 6.42 Å². The van der Waals surface area contributed by atoms with Crippen molar-refractivity contribution in [2.45, 2.75) is 52.0 Å². The molecule has 1 aromatic rings. The normalized spacial score (nSPS) is 10.6. The van der Waals surface area contributed by atoms with Gasteiger partial charge in [0.1, 0.15) is 5.69 Å². The molecular formula is C13H20N2O4. The molecule has 6 nitrogen and oxygen atoms in total. The molecule has 0 bridgehead atoms. The molecule has 0 saturated carbocycles. The van der Waals surface area contributed by atoms with Gasteiger partial charge in [0.25, 0.3) is 5.69 Å². The van der Waals surface area contributed by atoms with E-state index in [9.17, 15) is 14.9 Å². The van der Waals surface area contributed by atoms with Gasteiger partial charge in [-0.25, -0.2) is 4.79 Å². The van der Waals surface area contributed by atoms with E-state index in [4.69, 9.17) is 5.11 Å². The van der Waals surface area contributed by atoms with Crippen molar-refractivity contribution in [3.8, 4) is 0 Å². The lowest BCUT2D eigenvalue weighted by molar-refractivity contribution is -0.384. The van der Waals surface area contributed by atoms with Crippen LogP contribution in [0.4, 0.5) is 5.69 Å². The van der Waals surface area contributed by atoms with Gasteiger partial charge in [-0.15, -0.1) is 0 Å². The van der Waals surface area contributed by atoms with Crippen molar-refractivity contribution in [2.75, 3.05) is 0 Å². The highest BCUT2D eigenvalue weighted by Crippen LogP contribution is 2.17. The van der Waals surface area contributed by atoms with Crippen LogP contribution < -0.4 is 0 Å². The van der Waals surface area contributed by atoms with Crippen LogP contribution in [0.3, 0.4) is 0 Å². The third-order valence-electron chi connectivity index (χ3n) is 3.06. The molecule has 1 heterocycles. The molecular weight excluding hydrogens is 248 g/mol. The Labute approximate surface area is 112 Å². The van der Waals surface area contributed by atoms with Crippen LogP contribution in [0.15, 0.2) is 12.3 Å². The topological polar surface area (TPSA) is 85.4 Å². The first-order valence-electron chi connectivity index (χ1n) is 6.64. The van der Waals surface area contributed by atoms with Crippen LogP contribution in [0.2, 0.25) is 0 Å². The Balaban J connectivity index is 2.52. The lowest BCUT2D eigenvalue weighted by atomic mass is 10.1. The van der Waals surface area contributed by atoms with Gasteiger partial charge in [0, 0.05) is 12.6 Å². The summed E-state index contributed by atoms with van der Waals surface area (Å²) < 4.78 is 1.46. The predicted octanol–water partition coefficient (Wildman–Crippen LogP) is 3.46. The Hall–Kier alpha value is -1.85. The van der Waals surface area contributed by atoms with Crippen LogP contribution in [0.1, 0.15) is 55.9 Å². The molecule has 0 radical (unpaired) electrons. The first-order chi connectivity index (χ1) is 9.06. The highest BCUT2D eigenvalue weighted by Gasteiger charge is 2.18. The Bertz CT molecular complexity index is 440. The molecule has 19 heavy (non-hydrogen) atoms. The molecule has 0 amide bonds. The summed E-state index contributed by atoms with van der Waals surface area (Å²) in [5.41, 5.74) is -0.177. The standard InChI is InChI=1S/C13H20N2O4/c1-2-3-4-5-6-7-8-14-10-11(15(18)19)9-12(14)13(16)17/h9-10H,2-8H2,1H3,(H,16,17). The van der Waals surface area contributed by atoms with Crippen LogP contribution in [-0.4, -0.2) is 20.6 Å². The number of aromatic carboxylic acids is 1. The number of aryl methyl sites for hydroxylation is 1. The van der Waals surface area contributed by atoms with E-state index >= 15 is 0 Å². The van der Waals surface area contributed by atoms with Crippen molar-refractivity contribution < 1.29 is 14.8 Å². The zero-order chi connectivity index (χ0) is 14.3. The molecule has 0 unspecified atom stereocenters. The number of rotatable bonds is 9. The number of hydrogen-bond acceptors (Lipinski definition) is 3. The summed E-state index contributed by atoms with van der Waals surface area (Å²) in [5.74, 6) is -1.13. The van der Waals surface area contributed by atoms with Crippen molar-refractivity contribution in [3.05, 3.63) is 28.1 Å². The zero-order valence-corrected chi connectivity index (χ0v) is 11.2. The van der Waals surface area contributed by atoms with E-state index < -0.39 is 10.9 Å². The Morgan fingerprint density at radius 1 is 1.32 bits per heavy atom. The largest absolute Gasteiger partial charge is 0.477 e. The van der Waals surface area contributed by atoms with E-state index in [1.54, 1.807) is 0 Å². The van der Waals surface area contributed by atoms with E-state index in [0.717, 1.165) is 25.3 Å². The van der Waals surface area contributed by atoms with Gasteiger partial charge in [0.05, 0.1) is 11.1 Å². The van der Waals surface area contributed by atoms with Gasteiger partial charge >= 0.3 is 5.97 Å². The average molecular weight is 268 g/mol. The number of carboxylic acid groups (broad SMARTS) is 1. The number of unbranched alkanes of at least 4 members (excludes halogenated alkanes) is 5. The molecule has 106 valence electrons. The summed E-state index contributed by atoms with van der Waals surface area (Å²) in [7, 11) is 0. The second kappa shape index (κ2) is 7.56. The quantitative estimate of drug-likeness (QED) is 0.422. The third kappa shape index (κ3) is 4.73. The monoisotopic (exact) mass is 268 g/mol. The minimum Gasteiger partial charge on any atom is -0.477 e. The van der Waals surface area contributed by atoms with Gasteiger partial charge in [0.15, 0.2) is 0 Å². The van der Waals surface area contributed by atoms with Crippen molar-refractivity contribution in [2.24, 2.45) is 0 Å². The molecule has 0 atom stereocenters. The smallest absolute Gasteiger partial charge is 0.352 e. The highest BCUT2D eigenvalue weighted by atomic mass is 16.6.